The molecule has 0 radical (unpaired) electrons. The van der Waals surface area contributed by atoms with Crippen molar-refractivity contribution in [3.05, 3.63) is 16.4 Å². The Hall–Kier alpha value is -0.620. The smallest absolute Gasteiger partial charge is 0.102 e. The van der Waals surface area contributed by atoms with E-state index in [1.165, 1.54) is 0 Å². The van der Waals surface area contributed by atoms with Gasteiger partial charge in [0.2, 0.25) is 0 Å². The number of aromatic nitrogens is 2. The highest BCUT2D eigenvalue weighted by Gasteiger charge is 2.35. The number of aliphatic hydroxyl groups is 2. The maximum Gasteiger partial charge on any atom is 0.102 e. The fourth-order valence-corrected chi connectivity index (χ4v) is 2.13. The van der Waals surface area contributed by atoms with Crippen molar-refractivity contribution in [1.82, 2.24) is 15.1 Å². The zero-order valence-corrected chi connectivity index (χ0v) is 9.96. The molecule has 1 aromatic rings. The molecule has 3 N–H and O–H groups in total. The molecular formula is C10H16ClN3O2. The molecule has 1 aromatic heterocycles. The van der Waals surface area contributed by atoms with Crippen molar-refractivity contribution in [2.45, 2.75) is 25.5 Å². The molecule has 0 unspecified atom stereocenters. The minimum atomic E-state index is -0.960. The van der Waals surface area contributed by atoms with Gasteiger partial charge in [-0.25, -0.2) is 0 Å². The van der Waals surface area contributed by atoms with Crippen LogP contribution in [0.4, 0.5) is 0 Å². The lowest BCUT2D eigenvalue weighted by Gasteiger charge is -2.20. The van der Waals surface area contributed by atoms with Gasteiger partial charge in [-0.3, -0.25) is 10.00 Å². The van der Waals surface area contributed by atoms with Gasteiger partial charge in [0.1, 0.15) is 5.60 Å². The number of likely N-dealkylation sites (tertiary alicyclic amines) is 1. The topological polar surface area (TPSA) is 72.4 Å². The van der Waals surface area contributed by atoms with E-state index in [0.29, 0.717) is 24.5 Å². The third-order valence-corrected chi connectivity index (χ3v) is 3.52. The largest absolute Gasteiger partial charge is 0.393 e. The van der Waals surface area contributed by atoms with Gasteiger partial charge in [0.05, 0.1) is 23.0 Å². The van der Waals surface area contributed by atoms with Crippen molar-refractivity contribution in [2.75, 3.05) is 19.7 Å². The van der Waals surface area contributed by atoms with Crippen LogP contribution in [0.5, 0.6) is 0 Å². The predicted octanol–water partition coefficient (Wildman–Crippen LogP) is 0.301. The van der Waals surface area contributed by atoms with E-state index in [4.69, 9.17) is 16.7 Å². The zero-order chi connectivity index (χ0) is 11.8. The molecule has 1 atom stereocenters. The molecule has 5 nitrogen and oxygen atoms in total. The zero-order valence-electron chi connectivity index (χ0n) is 9.20. The third kappa shape index (κ3) is 2.22. The minimum absolute atomic E-state index is 0.198. The van der Waals surface area contributed by atoms with Crippen molar-refractivity contribution in [2.24, 2.45) is 0 Å². The first-order chi connectivity index (χ1) is 7.54. The highest BCUT2D eigenvalue weighted by molar-refractivity contribution is 6.31. The van der Waals surface area contributed by atoms with Crippen molar-refractivity contribution in [3.63, 3.8) is 0 Å². The lowest BCUT2D eigenvalue weighted by Crippen LogP contribution is -2.36. The molecule has 16 heavy (non-hydrogen) atoms. The van der Waals surface area contributed by atoms with Crippen LogP contribution in [-0.2, 0) is 6.54 Å². The Morgan fingerprint density at radius 2 is 2.38 bits per heavy atom. The lowest BCUT2D eigenvalue weighted by molar-refractivity contribution is -0.00587. The van der Waals surface area contributed by atoms with Gasteiger partial charge in [-0.2, -0.15) is 5.10 Å². The molecule has 1 aliphatic heterocycles. The Morgan fingerprint density at radius 3 is 2.88 bits per heavy atom. The van der Waals surface area contributed by atoms with Gasteiger partial charge in [-0.1, -0.05) is 11.6 Å². The standard InChI is InChI=1S/C10H16ClN3O2/c1-7-9(11)8(13-12-7)4-14-3-2-10(16,5-14)6-15/h15-16H,2-6H2,1H3,(H,12,13)/t10-/m1/s1. The molecule has 2 rings (SSSR count). The molecule has 1 saturated heterocycles. The number of aryl methyl sites for hydroxylation is 1. The van der Waals surface area contributed by atoms with Crippen LogP contribution in [0.2, 0.25) is 5.02 Å². The van der Waals surface area contributed by atoms with Gasteiger partial charge in [0.25, 0.3) is 0 Å². The van der Waals surface area contributed by atoms with E-state index >= 15 is 0 Å². The molecular weight excluding hydrogens is 230 g/mol. The number of aliphatic hydroxyl groups excluding tert-OH is 1. The van der Waals surface area contributed by atoms with E-state index < -0.39 is 5.60 Å². The normalized spacial score (nSPS) is 26.5. The maximum atomic E-state index is 9.87. The van der Waals surface area contributed by atoms with Crippen LogP contribution in [0.25, 0.3) is 0 Å². The maximum absolute atomic E-state index is 9.87. The summed E-state index contributed by atoms with van der Waals surface area (Å²) in [6.07, 6.45) is 0.588. The van der Waals surface area contributed by atoms with E-state index in [9.17, 15) is 5.11 Å². The number of hydrogen-bond donors (Lipinski definition) is 3. The Balaban J connectivity index is 2.00. The van der Waals surface area contributed by atoms with Gasteiger partial charge in [0.15, 0.2) is 0 Å². The second kappa shape index (κ2) is 4.33. The molecule has 6 heteroatoms. The van der Waals surface area contributed by atoms with E-state index in [1.807, 2.05) is 11.8 Å². The third-order valence-electron chi connectivity index (χ3n) is 3.02. The van der Waals surface area contributed by atoms with Crippen LogP contribution in [0, 0.1) is 6.92 Å². The predicted molar refractivity (Wildman–Crippen MR) is 60.3 cm³/mol. The van der Waals surface area contributed by atoms with E-state index in [0.717, 1.165) is 17.9 Å². The van der Waals surface area contributed by atoms with Crippen LogP contribution in [0.3, 0.4) is 0 Å². The Bertz CT molecular complexity index is 382. The first-order valence-corrected chi connectivity index (χ1v) is 5.67. The van der Waals surface area contributed by atoms with Crippen LogP contribution in [0.15, 0.2) is 0 Å². The fourth-order valence-electron chi connectivity index (χ4n) is 1.99. The Morgan fingerprint density at radius 1 is 1.62 bits per heavy atom. The highest BCUT2D eigenvalue weighted by Crippen LogP contribution is 2.24. The summed E-state index contributed by atoms with van der Waals surface area (Å²) in [5.41, 5.74) is 0.687. The van der Waals surface area contributed by atoms with Crippen LogP contribution >= 0.6 is 11.6 Å². The summed E-state index contributed by atoms with van der Waals surface area (Å²) in [6.45, 7) is 3.49. The number of H-pyrrole nitrogens is 1. The first kappa shape index (κ1) is 11.9. The fraction of sp³-hybridized carbons (Fsp3) is 0.700. The van der Waals surface area contributed by atoms with Crippen molar-refractivity contribution in [3.8, 4) is 0 Å². The average molecular weight is 246 g/mol. The molecule has 0 spiro atoms. The number of nitrogens with zero attached hydrogens (tertiary/aromatic N) is 2. The summed E-state index contributed by atoms with van der Waals surface area (Å²) in [5, 5.41) is 26.5. The molecule has 90 valence electrons. The molecule has 0 aliphatic carbocycles. The minimum Gasteiger partial charge on any atom is -0.393 e. The molecule has 0 aromatic carbocycles. The van der Waals surface area contributed by atoms with Gasteiger partial charge in [-0.05, 0) is 13.3 Å². The van der Waals surface area contributed by atoms with Crippen molar-refractivity contribution in [1.29, 1.82) is 0 Å². The van der Waals surface area contributed by atoms with Crippen LogP contribution in [0.1, 0.15) is 17.8 Å². The van der Waals surface area contributed by atoms with Gasteiger partial charge < -0.3 is 10.2 Å². The average Bonchev–Trinajstić information content (AvgIpc) is 2.78. The van der Waals surface area contributed by atoms with Gasteiger partial charge in [-0.15, -0.1) is 0 Å². The molecule has 1 fully saturated rings. The van der Waals surface area contributed by atoms with Crippen LogP contribution < -0.4 is 0 Å². The quantitative estimate of drug-likeness (QED) is 0.716. The van der Waals surface area contributed by atoms with Gasteiger partial charge in [0, 0.05) is 19.6 Å². The van der Waals surface area contributed by atoms with E-state index in [2.05, 4.69) is 10.2 Å². The van der Waals surface area contributed by atoms with Crippen molar-refractivity contribution < 1.29 is 10.2 Å². The number of nitrogens with one attached hydrogen (secondary N) is 1. The number of aromatic amines is 1. The number of β-amino-alcohol motifs (C(OH)–C–C–N with tert-alkyl or cyclic N) is 1. The Kier molecular flexibility index (Phi) is 3.21. The number of rotatable bonds is 3. The SMILES string of the molecule is Cc1[nH]nc(CN2CC[C@](O)(CO)C2)c1Cl. The molecule has 0 saturated carbocycles. The first-order valence-electron chi connectivity index (χ1n) is 5.29. The number of halogens is 1. The number of hydrogen-bond acceptors (Lipinski definition) is 4. The monoisotopic (exact) mass is 245 g/mol. The van der Waals surface area contributed by atoms with E-state index in [-0.39, 0.29) is 6.61 Å². The second-order valence-corrected chi connectivity index (χ2v) is 4.83. The Labute approximate surface area is 99.0 Å². The van der Waals surface area contributed by atoms with E-state index in [1.54, 1.807) is 0 Å². The lowest BCUT2D eigenvalue weighted by atomic mass is 10.1. The molecule has 2 heterocycles. The van der Waals surface area contributed by atoms with Crippen molar-refractivity contribution >= 4 is 11.6 Å². The molecule has 0 amide bonds. The molecule has 1 aliphatic rings. The second-order valence-electron chi connectivity index (χ2n) is 4.45. The summed E-state index contributed by atoms with van der Waals surface area (Å²) < 4.78 is 0. The van der Waals surface area contributed by atoms with Gasteiger partial charge >= 0.3 is 0 Å². The molecule has 0 bridgehead atoms. The summed E-state index contributed by atoms with van der Waals surface area (Å²) >= 11 is 6.06. The van der Waals surface area contributed by atoms with Crippen LogP contribution in [-0.4, -0.2) is 50.6 Å². The summed E-state index contributed by atoms with van der Waals surface area (Å²) in [5.74, 6) is 0. The summed E-state index contributed by atoms with van der Waals surface area (Å²) in [6, 6.07) is 0. The summed E-state index contributed by atoms with van der Waals surface area (Å²) in [4.78, 5) is 2.04. The summed E-state index contributed by atoms with van der Waals surface area (Å²) in [7, 11) is 0. The highest BCUT2D eigenvalue weighted by atomic mass is 35.5.